The number of halogens is 1. The third-order valence-corrected chi connectivity index (χ3v) is 8.76. The summed E-state index contributed by atoms with van der Waals surface area (Å²) >= 11 is 3.50. The van der Waals surface area contributed by atoms with Crippen LogP contribution < -0.4 is 30.2 Å². The van der Waals surface area contributed by atoms with Crippen LogP contribution in [0.2, 0.25) is 0 Å². The fourth-order valence-corrected chi connectivity index (χ4v) is 6.08. The Morgan fingerprint density at radius 1 is 1.07 bits per heavy atom. The predicted octanol–water partition coefficient (Wildman–Crippen LogP) is 7.17. The van der Waals surface area contributed by atoms with Gasteiger partial charge in [0, 0.05) is 33.8 Å². The molecule has 4 rings (SSSR count). The zero-order valence-electron chi connectivity index (χ0n) is 24.9. The van der Waals surface area contributed by atoms with Crippen LogP contribution in [0.4, 0.5) is 15.6 Å². The number of likely N-dealkylation sites (tertiary alicyclic amines) is 1. The highest BCUT2D eigenvalue weighted by molar-refractivity contribution is 14.1. The molecule has 0 bridgehead atoms. The van der Waals surface area contributed by atoms with Crippen LogP contribution in [0.25, 0.3) is 0 Å². The standard InChI is InChI=1S/C31H40IN5O5S/c1-4-25(21(2)32)35-30(39)34-23-11-14-26(27(19-23)40-3)42-28-20-33-31(43-28)36-29(38)22-9-12-24(13-10-22)41-18-8-17-37-15-6-5-7-16-37/h9-14,19-21,25H,4-8,15-18H2,1-3H3,(H,33,36,38)(H2,34,35,39). The largest absolute Gasteiger partial charge is 0.494 e. The van der Waals surface area contributed by atoms with Crippen molar-refractivity contribution in [3.8, 4) is 22.3 Å². The number of carbonyl (C=O) groups is 2. The molecule has 2 aromatic carbocycles. The molecule has 3 aromatic rings. The number of rotatable bonds is 14. The zero-order chi connectivity index (χ0) is 30.6. The molecule has 1 aliphatic heterocycles. The third-order valence-electron chi connectivity index (χ3n) is 7.10. The molecule has 1 aromatic heterocycles. The van der Waals surface area contributed by atoms with Crippen LogP contribution in [0.5, 0.6) is 22.3 Å². The Labute approximate surface area is 271 Å². The summed E-state index contributed by atoms with van der Waals surface area (Å²) in [6, 6.07) is 12.0. The molecule has 1 aliphatic rings. The molecule has 0 radical (unpaired) electrons. The Hall–Kier alpha value is -3.10. The molecule has 0 spiro atoms. The Morgan fingerprint density at radius 3 is 2.53 bits per heavy atom. The van der Waals surface area contributed by atoms with E-state index in [0.29, 0.717) is 43.5 Å². The first kappa shape index (κ1) is 32.8. The van der Waals surface area contributed by atoms with Crippen LogP contribution >= 0.6 is 33.9 Å². The van der Waals surface area contributed by atoms with Crippen LogP contribution in [0.15, 0.2) is 48.7 Å². The maximum atomic E-state index is 12.8. The number of benzene rings is 2. The Kier molecular flexibility index (Phi) is 12.7. The van der Waals surface area contributed by atoms with Crippen molar-refractivity contribution < 1.29 is 23.8 Å². The maximum Gasteiger partial charge on any atom is 0.319 e. The SMILES string of the molecule is CCC(NC(=O)Nc1ccc(Oc2cnc(NC(=O)c3ccc(OCCCN4CCCCC4)cc3)s2)c(OC)c1)C(C)I. The Morgan fingerprint density at radius 2 is 1.84 bits per heavy atom. The number of urea groups is 1. The smallest absolute Gasteiger partial charge is 0.319 e. The van der Waals surface area contributed by atoms with Gasteiger partial charge in [-0.3, -0.25) is 10.1 Å². The Bertz CT molecular complexity index is 1330. The predicted molar refractivity (Wildman–Crippen MR) is 180 cm³/mol. The summed E-state index contributed by atoms with van der Waals surface area (Å²) < 4.78 is 17.6. The molecule has 2 heterocycles. The average molecular weight is 722 g/mol. The molecule has 10 nitrogen and oxygen atoms in total. The maximum absolute atomic E-state index is 12.8. The monoisotopic (exact) mass is 721 g/mol. The van der Waals surface area contributed by atoms with Gasteiger partial charge in [0.1, 0.15) is 5.75 Å². The summed E-state index contributed by atoms with van der Waals surface area (Å²) in [5.41, 5.74) is 1.08. The van der Waals surface area contributed by atoms with Gasteiger partial charge in [-0.1, -0.05) is 54.2 Å². The number of alkyl halides is 1. The third kappa shape index (κ3) is 10.2. The van der Waals surface area contributed by atoms with Crippen LogP contribution in [0, 0.1) is 0 Å². The number of nitrogens with one attached hydrogen (secondary N) is 3. The first-order valence-electron chi connectivity index (χ1n) is 14.6. The van der Waals surface area contributed by atoms with Crippen molar-refractivity contribution in [1.29, 1.82) is 0 Å². The van der Waals surface area contributed by atoms with Gasteiger partial charge in [-0.2, -0.15) is 0 Å². The first-order valence-corrected chi connectivity index (χ1v) is 16.7. The van der Waals surface area contributed by atoms with E-state index in [1.54, 1.807) is 30.3 Å². The average Bonchev–Trinajstić information content (AvgIpc) is 3.45. The second-order valence-electron chi connectivity index (χ2n) is 10.3. The lowest BCUT2D eigenvalue weighted by atomic mass is 10.1. The summed E-state index contributed by atoms with van der Waals surface area (Å²) in [5, 5.41) is 9.52. The number of piperidine rings is 1. The van der Waals surface area contributed by atoms with E-state index in [2.05, 4.69) is 55.3 Å². The number of amides is 3. The van der Waals surface area contributed by atoms with Crippen molar-refractivity contribution in [2.24, 2.45) is 0 Å². The zero-order valence-corrected chi connectivity index (χ0v) is 27.8. The number of methoxy groups -OCH3 is 1. The first-order chi connectivity index (χ1) is 20.8. The summed E-state index contributed by atoms with van der Waals surface area (Å²) in [6.45, 7) is 8.19. The van der Waals surface area contributed by atoms with Gasteiger partial charge in [0.2, 0.25) is 5.06 Å². The second kappa shape index (κ2) is 16.7. The number of aromatic nitrogens is 1. The van der Waals surface area contributed by atoms with Crippen molar-refractivity contribution >= 4 is 56.7 Å². The number of carbonyl (C=O) groups excluding carboxylic acids is 2. The van der Waals surface area contributed by atoms with Crippen molar-refractivity contribution in [3.05, 3.63) is 54.2 Å². The van der Waals surface area contributed by atoms with Crippen molar-refractivity contribution in [3.63, 3.8) is 0 Å². The van der Waals surface area contributed by atoms with E-state index < -0.39 is 0 Å². The van der Waals surface area contributed by atoms with Gasteiger partial charge in [0.25, 0.3) is 5.91 Å². The summed E-state index contributed by atoms with van der Waals surface area (Å²) in [4.78, 5) is 32.0. The van der Waals surface area contributed by atoms with Crippen molar-refractivity contribution in [1.82, 2.24) is 15.2 Å². The minimum Gasteiger partial charge on any atom is -0.494 e. The molecule has 1 fully saturated rings. The molecule has 0 saturated carbocycles. The minimum absolute atomic E-state index is 0.0728. The van der Waals surface area contributed by atoms with E-state index in [9.17, 15) is 9.59 Å². The highest BCUT2D eigenvalue weighted by atomic mass is 127. The van der Waals surface area contributed by atoms with E-state index in [4.69, 9.17) is 14.2 Å². The normalized spacial score (nSPS) is 14.8. The number of anilines is 2. The lowest BCUT2D eigenvalue weighted by Gasteiger charge is -2.26. The lowest BCUT2D eigenvalue weighted by molar-refractivity contribution is 0.102. The lowest BCUT2D eigenvalue weighted by Crippen LogP contribution is -2.41. The van der Waals surface area contributed by atoms with E-state index >= 15 is 0 Å². The molecule has 232 valence electrons. The van der Waals surface area contributed by atoms with Gasteiger partial charge in [0.05, 0.1) is 19.9 Å². The van der Waals surface area contributed by atoms with Crippen LogP contribution in [0.1, 0.15) is 56.3 Å². The summed E-state index contributed by atoms with van der Waals surface area (Å²) in [5.74, 6) is 1.37. The number of thiazole rings is 1. The van der Waals surface area contributed by atoms with E-state index in [1.807, 2.05) is 19.1 Å². The van der Waals surface area contributed by atoms with Crippen LogP contribution in [0.3, 0.4) is 0 Å². The van der Waals surface area contributed by atoms with E-state index in [-0.39, 0.29) is 18.0 Å². The van der Waals surface area contributed by atoms with Gasteiger partial charge >= 0.3 is 6.03 Å². The van der Waals surface area contributed by atoms with Crippen LogP contribution in [-0.4, -0.2) is 65.1 Å². The molecule has 12 heteroatoms. The summed E-state index contributed by atoms with van der Waals surface area (Å²) in [6.07, 6.45) is 7.29. The topological polar surface area (TPSA) is 114 Å². The molecule has 43 heavy (non-hydrogen) atoms. The Balaban J connectivity index is 1.25. The molecule has 2 atom stereocenters. The fourth-order valence-electron chi connectivity index (χ4n) is 4.71. The molecular formula is C31H40IN5O5S. The molecule has 3 N–H and O–H groups in total. The van der Waals surface area contributed by atoms with Crippen LogP contribution in [-0.2, 0) is 0 Å². The van der Waals surface area contributed by atoms with Gasteiger partial charge in [-0.15, -0.1) is 0 Å². The van der Waals surface area contributed by atoms with Crippen molar-refractivity contribution in [2.45, 2.75) is 55.9 Å². The highest BCUT2D eigenvalue weighted by Crippen LogP contribution is 2.37. The van der Waals surface area contributed by atoms with Gasteiger partial charge in [-0.25, -0.2) is 9.78 Å². The van der Waals surface area contributed by atoms with Gasteiger partial charge in [-0.05, 0) is 75.2 Å². The quantitative estimate of drug-likeness (QED) is 0.0919. The van der Waals surface area contributed by atoms with Crippen molar-refractivity contribution in [2.75, 3.05) is 44.0 Å². The highest BCUT2D eigenvalue weighted by Gasteiger charge is 2.17. The molecule has 1 saturated heterocycles. The van der Waals surface area contributed by atoms with Gasteiger partial charge in [0.15, 0.2) is 16.6 Å². The molecular weight excluding hydrogens is 681 g/mol. The van der Waals surface area contributed by atoms with Gasteiger partial charge < -0.3 is 29.7 Å². The molecule has 0 aliphatic carbocycles. The summed E-state index contributed by atoms with van der Waals surface area (Å²) in [7, 11) is 1.53. The molecule has 3 amide bonds. The number of ether oxygens (including phenoxy) is 3. The second-order valence-corrected chi connectivity index (χ2v) is 13.3. The number of hydrogen-bond acceptors (Lipinski definition) is 8. The van der Waals surface area contributed by atoms with E-state index in [0.717, 1.165) is 25.1 Å². The minimum atomic E-state index is -0.278. The molecule has 2 unspecified atom stereocenters. The number of hydrogen-bond donors (Lipinski definition) is 3. The van der Waals surface area contributed by atoms with E-state index in [1.165, 1.54) is 57.0 Å². The number of nitrogens with zero attached hydrogens (tertiary/aromatic N) is 2. The fraction of sp³-hybridized carbons (Fsp3) is 0.452.